The molecule has 1 aromatic rings. The number of H-pyrrole nitrogens is 1. The molecule has 1 heterocycles. The number of imidazole rings is 1. The Morgan fingerprint density at radius 1 is 1.29 bits per heavy atom. The quantitative estimate of drug-likeness (QED) is 0.774. The van der Waals surface area contributed by atoms with E-state index in [0.717, 1.165) is 17.1 Å². The Morgan fingerprint density at radius 3 is 2.59 bits per heavy atom. The zero-order valence-corrected chi connectivity index (χ0v) is 11.9. The number of aromatic nitrogens is 2. The Labute approximate surface area is 109 Å². The maximum Gasteiger partial charge on any atom is 0.177 e. The molecule has 1 saturated carbocycles. The molecule has 96 valence electrons. The van der Waals surface area contributed by atoms with E-state index in [1.54, 1.807) is 0 Å². The second kappa shape index (κ2) is 5.85. The van der Waals surface area contributed by atoms with Gasteiger partial charge in [0.05, 0.1) is 0 Å². The van der Waals surface area contributed by atoms with Crippen molar-refractivity contribution in [1.29, 1.82) is 0 Å². The van der Waals surface area contributed by atoms with Crippen LogP contribution in [0.4, 0.5) is 0 Å². The molecule has 1 aliphatic carbocycles. The van der Waals surface area contributed by atoms with Crippen LogP contribution in [0, 0.1) is 10.7 Å². The van der Waals surface area contributed by atoms with Gasteiger partial charge in [0.1, 0.15) is 0 Å². The number of nitrogens with zero attached hydrogens (tertiary/aromatic N) is 1. The molecule has 0 aromatic carbocycles. The van der Waals surface area contributed by atoms with Crippen molar-refractivity contribution in [3.63, 3.8) is 0 Å². The molecular formula is C14H24N2S. The number of rotatable bonds is 4. The Balaban J connectivity index is 2.05. The summed E-state index contributed by atoms with van der Waals surface area (Å²) in [4.78, 5) is 3.20. The molecule has 2 nitrogen and oxygen atoms in total. The van der Waals surface area contributed by atoms with Crippen molar-refractivity contribution in [2.24, 2.45) is 5.92 Å². The summed E-state index contributed by atoms with van der Waals surface area (Å²) in [5.74, 6) is 0.967. The van der Waals surface area contributed by atoms with E-state index >= 15 is 0 Å². The highest BCUT2D eigenvalue weighted by molar-refractivity contribution is 7.71. The second-order valence-electron chi connectivity index (χ2n) is 5.27. The molecule has 3 heteroatoms. The van der Waals surface area contributed by atoms with Gasteiger partial charge in [-0.25, -0.2) is 0 Å². The average molecular weight is 252 g/mol. The van der Waals surface area contributed by atoms with Crippen molar-refractivity contribution in [3.05, 3.63) is 16.7 Å². The first kappa shape index (κ1) is 12.9. The van der Waals surface area contributed by atoms with Gasteiger partial charge in [-0.15, -0.1) is 0 Å². The number of aromatic amines is 1. The van der Waals surface area contributed by atoms with E-state index < -0.39 is 0 Å². The van der Waals surface area contributed by atoms with Crippen molar-refractivity contribution in [3.8, 4) is 0 Å². The molecule has 2 rings (SSSR count). The minimum atomic E-state index is 0.650. The van der Waals surface area contributed by atoms with Crippen LogP contribution in [-0.2, 0) is 6.42 Å². The Bertz CT molecular complexity index is 397. The number of hydrogen-bond acceptors (Lipinski definition) is 1. The highest BCUT2D eigenvalue weighted by atomic mass is 32.1. The lowest BCUT2D eigenvalue weighted by Crippen LogP contribution is -2.19. The van der Waals surface area contributed by atoms with Crippen LogP contribution >= 0.6 is 12.2 Å². The lowest BCUT2D eigenvalue weighted by molar-refractivity contribution is 0.258. The molecule has 0 radical (unpaired) electrons. The zero-order valence-electron chi connectivity index (χ0n) is 11.0. The Hall–Kier alpha value is -0.570. The molecule has 0 spiro atoms. The lowest BCUT2D eigenvalue weighted by atomic mass is 9.83. The standard InChI is InChI=1S/C14H24N2S/c1-3-5-11-6-8-13(9-7-11)16-12(4-2)10-15-14(16)17/h10-11,13H,3-9H2,1-2H3,(H,15,17). The van der Waals surface area contributed by atoms with Gasteiger partial charge >= 0.3 is 0 Å². The van der Waals surface area contributed by atoms with E-state index in [-0.39, 0.29) is 0 Å². The Kier molecular flexibility index (Phi) is 4.43. The fraction of sp³-hybridized carbons (Fsp3) is 0.786. The number of aryl methyl sites for hydroxylation is 1. The van der Waals surface area contributed by atoms with Crippen LogP contribution < -0.4 is 0 Å². The molecule has 17 heavy (non-hydrogen) atoms. The van der Waals surface area contributed by atoms with E-state index in [1.807, 2.05) is 0 Å². The fourth-order valence-electron chi connectivity index (χ4n) is 3.19. The third-order valence-electron chi connectivity index (χ3n) is 4.13. The van der Waals surface area contributed by atoms with Crippen LogP contribution in [0.3, 0.4) is 0 Å². The van der Waals surface area contributed by atoms with Crippen LogP contribution in [0.1, 0.15) is 64.1 Å². The summed E-state index contributed by atoms with van der Waals surface area (Å²) in [6.45, 7) is 4.50. The van der Waals surface area contributed by atoms with E-state index in [2.05, 4.69) is 29.6 Å². The van der Waals surface area contributed by atoms with Crippen LogP contribution in [0.5, 0.6) is 0 Å². The summed E-state index contributed by atoms with van der Waals surface area (Å²) >= 11 is 5.41. The van der Waals surface area contributed by atoms with E-state index in [1.165, 1.54) is 44.2 Å². The van der Waals surface area contributed by atoms with E-state index in [4.69, 9.17) is 12.2 Å². The SMILES string of the molecule is CCCC1CCC(n2c(CC)c[nH]c2=S)CC1. The van der Waals surface area contributed by atoms with Crippen molar-refractivity contribution in [2.75, 3.05) is 0 Å². The summed E-state index contributed by atoms with van der Waals surface area (Å²) in [6.07, 6.45) is 11.3. The summed E-state index contributed by atoms with van der Waals surface area (Å²) in [7, 11) is 0. The molecule has 0 aliphatic heterocycles. The zero-order chi connectivity index (χ0) is 12.3. The van der Waals surface area contributed by atoms with Gasteiger partial charge in [0, 0.05) is 17.9 Å². The normalized spacial score (nSPS) is 25.1. The van der Waals surface area contributed by atoms with Gasteiger partial charge in [-0.3, -0.25) is 0 Å². The first-order valence-electron chi connectivity index (χ1n) is 7.05. The lowest BCUT2D eigenvalue weighted by Gasteiger charge is -2.30. The van der Waals surface area contributed by atoms with E-state index in [9.17, 15) is 0 Å². The molecule has 0 bridgehead atoms. The predicted octanol–water partition coefficient (Wildman–Crippen LogP) is 4.64. The Morgan fingerprint density at radius 2 is 2.00 bits per heavy atom. The van der Waals surface area contributed by atoms with Gasteiger partial charge in [-0.05, 0) is 50.2 Å². The minimum Gasteiger partial charge on any atom is -0.337 e. The minimum absolute atomic E-state index is 0.650. The topological polar surface area (TPSA) is 20.7 Å². The third-order valence-corrected chi connectivity index (χ3v) is 4.45. The summed E-state index contributed by atoms with van der Waals surface area (Å²) in [5.41, 5.74) is 1.37. The van der Waals surface area contributed by atoms with Crippen molar-refractivity contribution < 1.29 is 0 Å². The summed E-state index contributed by atoms with van der Waals surface area (Å²) < 4.78 is 3.29. The van der Waals surface area contributed by atoms with Gasteiger partial charge in [-0.1, -0.05) is 26.7 Å². The number of hydrogen-bond donors (Lipinski definition) is 1. The third kappa shape index (κ3) is 2.82. The van der Waals surface area contributed by atoms with Gasteiger partial charge < -0.3 is 9.55 Å². The van der Waals surface area contributed by atoms with Gasteiger partial charge in [0.25, 0.3) is 0 Å². The molecule has 0 unspecified atom stereocenters. The molecule has 1 aromatic heterocycles. The monoisotopic (exact) mass is 252 g/mol. The van der Waals surface area contributed by atoms with Crippen molar-refractivity contribution in [2.45, 2.75) is 64.8 Å². The largest absolute Gasteiger partial charge is 0.337 e. The second-order valence-corrected chi connectivity index (χ2v) is 5.66. The van der Waals surface area contributed by atoms with Crippen LogP contribution in [0.2, 0.25) is 0 Å². The highest BCUT2D eigenvalue weighted by Gasteiger charge is 2.23. The van der Waals surface area contributed by atoms with Crippen LogP contribution in [0.15, 0.2) is 6.20 Å². The smallest absolute Gasteiger partial charge is 0.177 e. The molecular weight excluding hydrogens is 228 g/mol. The van der Waals surface area contributed by atoms with E-state index in [0.29, 0.717) is 6.04 Å². The van der Waals surface area contributed by atoms with Crippen molar-refractivity contribution in [1.82, 2.24) is 9.55 Å². The molecule has 1 fully saturated rings. The summed E-state index contributed by atoms with van der Waals surface area (Å²) in [5, 5.41) is 0. The van der Waals surface area contributed by atoms with Crippen molar-refractivity contribution >= 4 is 12.2 Å². The predicted molar refractivity (Wildman–Crippen MR) is 74.9 cm³/mol. The van der Waals surface area contributed by atoms with Crippen LogP contribution in [-0.4, -0.2) is 9.55 Å². The molecule has 0 amide bonds. The number of nitrogens with one attached hydrogen (secondary N) is 1. The molecule has 0 atom stereocenters. The van der Waals surface area contributed by atoms with Gasteiger partial charge in [0.15, 0.2) is 4.77 Å². The van der Waals surface area contributed by atoms with Gasteiger partial charge in [-0.2, -0.15) is 0 Å². The van der Waals surface area contributed by atoms with Gasteiger partial charge in [0.2, 0.25) is 0 Å². The molecule has 1 aliphatic rings. The maximum absolute atomic E-state index is 5.41. The van der Waals surface area contributed by atoms with Crippen LogP contribution in [0.25, 0.3) is 0 Å². The molecule has 0 saturated heterocycles. The average Bonchev–Trinajstić information content (AvgIpc) is 2.72. The molecule has 1 N–H and O–H groups in total. The summed E-state index contributed by atoms with van der Waals surface area (Å²) in [6, 6.07) is 0.650. The maximum atomic E-state index is 5.41. The first-order valence-corrected chi connectivity index (χ1v) is 7.45. The first-order chi connectivity index (χ1) is 8.26. The highest BCUT2D eigenvalue weighted by Crippen LogP contribution is 2.35. The fourth-order valence-corrected chi connectivity index (χ4v) is 3.51.